The van der Waals surface area contributed by atoms with Gasteiger partial charge in [-0.3, -0.25) is 0 Å². The second-order valence-corrected chi connectivity index (χ2v) is 19.5. The lowest BCUT2D eigenvalue weighted by Gasteiger charge is -2.35. The summed E-state index contributed by atoms with van der Waals surface area (Å²) in [6.07, 6.45) is 0. The number of aromatic nitrogens is 2. The van der Waals surface area contributed by atoms with Crippen molar-refractivity contribution in [1.82, 2.24) is 9.61 Å². The lowest BCUT2D eigenvalue weighted by molar-refractivity contribution is 0.768. The van der Waals surface area contributed by atoms with Gasteiger partial charge in [0.15, 0.2) is 0 Å². The fourth-order valence-corrected chi connectivity index (χ4v) is 11.9. The molecule has 0 N–H and O–H groups in total. The van der Waals surface area contributed by atoms with Crippen molar-refractivity contribution in [3.63, 3.8) is 0 Å². The molecule has 14 rings (SSSR count). The Morgan fingerprint density at radius 3 is 1.37 bits per heavy atom. The van der Waals surface area contributed by atoms with Gasteiger partial charge in [-0.2, -0.15) is 5.10 Å². The Balaban J connectivity index is 1.08. The molecular weight excluding hydrogens is 907 g/mol. The van der Waals surface area contributed by atoms with E-state index in [1.54, 1.807) is 0 Å². The molecule has 3 heteroatoms. The van der Waals surface area contributed by atoms with E-state index >= 15 is 0 Å². The zero-order valence-corrected chi connectivity index (χ0v) is 41.1. The Morgan fingerprint density at radius 1 is 0.320 bits per heavy atom. The largest absolute Gasteiger partial charge is 0.310 e. The summed E-state index contributed by atoms with van der Waals surface area (Å²) < 4.78 is 2.18. The van der Waals surface area contributed by atoms with Crippen LogP contribution in [0.5, 0.6) is 0 Å². The minimum absolute atomic E-state index is 0.580. The summed E-state index contributed by atoms with van der Waals surface area (Å²) in [4.78, 5) is 2.48. The normalized spacial score (nSPS) is 12.4. The van der Waals surface area contributed by atoms with Gasteiger partial charge in [-0.25, -0.2) is 4.52 Å². The van der Waals surface area contributed by atoms with Crippen molar-refractivity contribution in [2.75, 3.05) is 4.90 Å². The van der Waals surface area contributed by atoms with E-state index in [1.807, 2.05) is 0 Å². The Hall–Kier alpha value is -9.83. The molecule has 1 aliphatic carbocycles. The average molecular weight is 956 g/mol. The van der Waals surface area contributed by atoms with Crippen LogP contribution in [-0.2, 0) is 5.41 Å². The molecule has 0 saturated heterocycles. The maximum absolute atomic E-state index is 5.54. The summed E-state index contributed by atoms with van der Waals surface area (Å²) >= 11 is 0. The van der Waals surface area contributed by atoms with Gasteiger partial charge in [0.25, 0.3) is 0 Å². The molecule has 0 saturated carbocycles. The third-order valence-corrected chi connectivity index (χ3v) is 15.2. The molecule has 1 aliphatic rings. The van der Waals surface area contributed by atoms with Gasteiger partial charge < -0.3 is 4.90 Å². The first kappa shape index (κ1) is 43.9. The summed E-state index contributed by atoms with van der Waals surface area (Å²) in [6, 6.07) is 108. The summed E-state index contributed by atoms with van der Waals surface area (Å²) in [6.45, 7) is 0. The minimum atomic E-state index is -0.580. The van der Waals surface area contributed by atoms with Crippen LogP contribution in [-0.4, -0.2) is 9.61 Å². The average Bonchev–Trinajstić information content (AvgIpc) is 4.04. The smallest absolute Gasteiger partial charge is 0.101 e. The highest BCUT2D eigenvalue weighted by Crippen LogP contribution is 2.57. The van der Waals surface area contributed by atoms with Gasteiger partial charge in [-0.05, 0) is 115 Å². The molecule has 13 aromatic rings. The van der Waals surface area contributed by atoms with Crippen molar-refractivity contribution >= 4 is 33.4 Å². The third-order valence-electron chi connectivity index (χ3n) is 15.2. The summed E-state index contributed by atoms with van der Waals surface area (Å²) in [5.74, 6) is 0. The second-order valence-electron chi connectivity index (χ2n) is 19.5. The Labute approximate surface area is 437 Å². The number of benzene rings is 11. The Bertz CT molecular complexity index is 4100. The van der Waals surface area contributed by atoms with Gasteiger partial charge in [0.05, 0.1) is 16.6 Å². The lowest BCUT2D eigenvalue weighted by Crippen LogP contribution is -2.28. The predicted octanol–water partition coefficient (Wildman–Crippen LogP) is 18.7. The number of hydrogen-bond acceptors (Lipinski definition) is 2. The zero-order valence-electron chi connectivity index (χ0n) is 41.1. The van der Waals surface area contributed by atoms with Crippen molar-refractivity contribution in [2.45, 2.75) is 5.41 Å². The molecule has 2 aromatic heterocycles. The highest BCUT2D eigenvalue weighted by atomic mass is 15.2. The van der Waals surface area contributed by atoms with Crippen molar-refractivity contribution in [2.24, 2.45) is 0 Å². The summed E-state index contributed by atoms with van der Waals surface area (Å²) in [5.41, 5.74) is 22.1. The van der Waals surface area contributed by atoms with E-state index in [9.17, 15) is 0 Å². The first-order valence-electron chi connectivity index (χ1n) is 25.8. The van der Waals surface area contributed by atoms with Crippen LogP contribution >= 0.6 is 0 Å². The molecule has 75 heavy (non-hydrogen) atoms. The quantitative estimate of drug-likeness (QED) is 0.136. The zero-order chi connectivity index (χ0) is 49.7. The molecule has 0 aliphatic heterocycles. The van der Waals surface area contributed by atoms with Crippen molar-refractivity contribution < 1.29 is 0 Å². The van der Waals surface area contributed by atoms with E-state index < -0.39 is 5.41 Å². The van der Waals surface area contributed by atoms with E-state index in [4.69, 9.17) is 5.10 Å². The minimum Gasteiger partial charge on any atom is -0.310 e. The van der Waals surface area contributed by atoms with Crippen LogP contribution < -0.4 is 4.90 Å². The van der Waals surface area contributed by atoms with E-state index in [0.717, 1.165) is 89.2 Å². The first-order chi connectivity index (χ1) is 37.2. The maximum atomic E-state index is 5.54. The van der Waals surface area contributed by atoms with Gasteiger partial charge in [-0.1, -0.05) is 249 Å². The molecule has 0 unspecified atom stereocenters. The van der Waals surface area contributed by atoms with Crippen LogP contribution in [0.3, 0.4) is 0 Å². The highest BCUT2D eigenvalue weighted by Gasteiger charge is 2.46. The summed E-state index contributed by atoms with van der Waals surface area (Å²) in [5, 5.41) is 7.76. The molecule has 0 spiro atoms. The fourth-order valence-electron chi connectivity index (χ4n) is 11.9. The monoisotopic (exact) mass is 955 g/mol. The fraction of sp³-hybridized carbons (Fsp3) is 0.0139. The van der Waals surface area contributed by atoms with Gasteiger partial charge in [0, 0.05) is 39.1 Å². The van der Waals surface area contributed by atoms with E-state index in [1.165, 1.54) is 33.4 Å². The van der Waals surface area contributed by atoms with Crippen LogP contribution in [0.15, 0.2) is 297 Å². The third kappa shape index (κ3) is 7.39. The molecular formula is C72H49N3. The van der Waals surface area contributed by atoms with Crippen molar-refractivity contribution in [3.8, 4) is 67.0 Å². The number of pyridine rings is 1. The van der Waals surface area contributed by atoms with E-state index in [0.29, 0.717) is 0 Å². The molecule has 0 atom stereocenters. The van der Waals surface area contributed by atoms with Crippen LogP contribution in [0.2, 0.25) is 0 Å². The van der Waals surface area contributed by atoms with Gasteiger partial charge in [-0.15, -0.1) is 0 Å². The van der Waals surface area contributed by atoms with E-state index in [-0.39, 0.29) is 0 Å². The highest BCUT2D eigenvalue weighted by molar-refractivity contribution is 6.10. The molecule has 0 radical (unpaired) electrons. The molecule has 2 heterocycles. The van der Waals surface area contributed by atoms with Gasteiger partial charge in [0.2, 0.25) is 0 Å². The number of rotatable bonds is 10. The number of nitrogens with zero attached hydrogens (tertiary/aromatic N) is 3. The first-order valence-corrected chi connectivity index (χ1v) is 25.8. The molecule has 11 aromatic carbocycles. The van der Waals surface area contributed by atoms with Crippen LogP contribution in [0.25, 0.3) is 83.3 Å². The van der Waals surface area contributed by atoms with Crippen LogP contribution in [0.1, 0.15) is 22.3 Å². The SMILES string of the molecule is c1ccc(-c2cc(-c3ccccc3)cc(N(c3ccc4c(c3)C(c3ccccc3)(c3ccccc3)c3ccccc3-4)c3ccc4c(c3)cc(-c3ccccc3)n3nc(-c5ccccc5)c(-c5ccccc5)c43)c2)cc1. The van der Waals surface area contributed by atoms with Crippen LogP contribution in [0.4, 0.5) is 17.1 Å². The molecule has 352 valence electrons. The van der Waals surface area contributed by atoms with Crippen LogP contribution in [0, 0.1) is 0 Å². The predicted molar refractivity (Wildman–Crippen MR) is 312 cm³/mol. The molecule has 0 amide bonds. The maximum Gasteiger partial charge on any atom is 0.101 e. The summed E-state index contributed by atoms with van der Waals surface area (Å²) in [7, 11) is 0. The van der Waals surface area contributed by atoms with E-state index in [2.05, 4.69) is 307 Å². The van der Waals surface area contributed by atoms with Gasteiger partial charge in [0.1, 0.15) is 5.69 Å². The second kappa shape index (κ2) is 18.3. The van der Waals surface area contributed by atoms with Crippen molar-refractivity contribution in [1.29, 1.82) is 0 Å². The van der Waals surface area contributed by atoms with Gasteiger partial charge >= 0.3 is 0 Å². The topological polar surface area (TPSA) is 20.5 Å². The Morgan fingerprint density at radius 2 is 0.787 bits per heavy atom. The molecule has 3 nitrogen and oxygen atoms in total. The number of hydrogen-bond donors (Lipinski definition) is 0. The lowest BCUT2D eigenvalue weighted by atomic mass is 9.67. The number of anilines is 3. The van der Waals surface area contributed by atoms with Crippen molar-refractivity contribution in [3.05, 3.63) is 320 Å². The standard InChI is InChI=1S/C72H49N3/c1-8-24-50(25-9-1)55-44-56(51-26-10-2-11-27-51)46-62(45-55)74(61-41-43-65-64-38-22-23-39-66(64)72(67(65)49-61,58-34-18-6-19-35-58)59-36-20-7-21-37-59)60-40-42-63-57(47-60)48-68(52-28-12-3-13-29-52)75-71(63)69(53-30-14-4-15-31-53)70(73-75)54-32-16-5-17-33-54/h1-49H. The molecule has 0 fully saturated rings. The number of fused-ring (bicyclic) bond motifs is 6. The Kier molecular flexibility index (Phi) is 10.7. The molecule has 0 bridgehead atoms.